The molecule has 0 aromatic heterocycles. The Morgan fingerprint density at radius 1 is 0.838 bits per heavy atom. The molecule has 1 nitrogen and oxygen atoms in total. The molecular weight excluding hydrogens is 448 g/mol. The number of aromatic hydroxyl groups is 1. The summed E-state index contributed by atoms with van der Waals surface area (Å²) in [5.41, 5.74) is 9.63. The van der Waals surface area contributed by atoms with Gasteiger partial charge in [-0.15, -0.1) is 0 Å². The van der Waals surface area contributed by atoms with Gasteiger partial charge in [0.1, 0.15) is 5.75 Å². The summed E-state index contributed by atoms with van der Waals surface area (Å²) in [5.74, 6) is 1.42. The number of allylic oxidation sites excluding steroid dienone is 3. The van der Waals surface area contributed by atoms with E-state index in [4.69, 9.17) is 0 Å². The van der Waals surface area contributed by atoms with E-state index in [1.807, 2.05) is 12.1 Å². The topological polar surface area (TPSA) is 20.2 Å². The van der Waals surface area contributed by atoms with Gasteiger partial charge in [0.2, 0.25) is 0 Å². The van der Waals surface area contributed by atoms with Crippen molar-refractivity contribution in [2.45, 2.75) is 119 Å². The molecule has 0 aliphatic carbocycles. The molecule has 1 N–H and O–H groups in total. The monoisotopic (exact) mass is 502 g/mol. The van der Waals surface area contributed by atoms with Gasteiger partial charge in [0.15, 0.2) is 0 Å². The zero-order valence-electron chi connectivity index (χ0n) is 24.8. The largest absolute Gasteiger partial charge is 0.508 e. The molecule has 2 atom stereocenters. The second-order valence-corrected chi connectivity index (χ2v) is 11.4. The molecule has 2 aromatic carbocycles. The highest BCUT2D eigenvalue weighted by Gasteiger charge is 2.19. The molecular formula is C36H54O. The molecule has 2 aromatic rings. The van der Waals surface area contributed by atoms with E-state index < -0.39 is 0 Å². The highest BCUT2D eigenvalue weighted by atomic mass is 16.3. The van der Waals surface area contributed by atoms with Crippen molar-refractivity contribution in [1.29, 1.82) is 0 Å². The lowest BCUT2D eigenvalue weighted by atomic mass is 9.80. The number of phenolic OH excluding ortho intramolecular Hbond substituents is 1. The number of benzene rings is 2. The zero-order valence-corrected chi connectivity index (χ0v) is 24.8. The Kier molecular flexibility index (Phi) is 13.8. The van der Waals surface area contributed by atoms with E-state index in [9.17, 15) is 5.11 Å². The Morgan fingerprint density at radius 2 is 1.54 bits per heavy atom. The van der Waals surface area contributed by atoms with Gasteiger partial charge < -0.3 is 5.11 Å². The van der Waals surface area contributed by atoms with Gasteiger partial charge in [-0.1, -0.05) is 128 Å². The van der Waals surface area contributed by atoms with E-state index in [0.717, 1.165) is 38.0 Å². The minimum atomic E-state index is 0.329. The van der Waals surface area contributed by atoms with Gasteiger partial charge in [0, 0.05) is 5.92 Å². The lowest BCUT2D eigenvalue weighted by Gasteiger charge is -2.25. The van der Waals surface area contributed by atoms with E-state index in [2.05, 4.69) is 78.5 Å². The van der Waals surface area contributed by atoms with Gasteiger partial charge in [-0.3, -0.25) is 0 Å². The van der Waals surface area contributed by atoms with Crippen LogP contribution in [0.2, 0.25) is 0 Å². The van der Waals surface area contributed by atoms with E-state index >= 15 is 0 Å². The Balaban J connectivity index is 2.32. The van der Waals surface area contributed by atoms with Crippen LogP contribution in [-0.2, 0) is 12.8 Å². The highest BCUT2D eigenvalue weighted by molar-refractivity contribution is 5.68. The van der Waals surface area contributed by atoms with E-state index in [1.165, 1.54) is 72.8 Å². The molecule has 0 aliphatic heterocycles. The van der Waals surface area contributed by atoms with Gasteiger partial charge in [0.25, 0.3) is 0 Å². The number of unbranched alkanes of at least 4 members (excludes halogenated alkanes) is 4. The average molecular weight is 503 g/mol. The number of phenols is 1. The molecule has 37 heavy (non-hydrogen) atoms. The van der Waals surface area contributed by atoms with Crippen molar-refractivity contribution < 1.29 is 5.11 Å². The summed E-state index contributed by atoms with van der Waals surface area (Å²) in [5, 5.41) is 9.93. The first-order chi connectivity index (χ1) is 17.8. The number of hydrogen-bond acceptors (Lipinski definition) is 1. The van der Waals surface area contributed by atoms with Crippen LogP contribution in [0.25, 0.3) is 5.57 Å². The zero-order chi connectivity index (χ0) is 27.2. The molecule has 2 unspecified atom stereocenters. The van der Waals surface area contributed by atoms with Crippen molar-refractivity contribution in [2.75, 3.05) is 0 Å². The summed E-state index contributed by atoms with van der Waals surface area (Å²) in [4.78, 5) is 0. The first-order valence-corrected chi connectivity index (χ1v) is 15.1. The van der Waals surface area contributed by atoms with Crippen LogP contribution in [-0.4, -0.2) is 5.11 Å². The third kappa shape index (κ3) is 10.2. The van der Waals surface area contributed by atoms with E-state index in [-0.39, 0.29) is 0 Å². The molecule has 1 heteroatoms. The lowest BCUT2D eigenvalue weighted by molar-refractivity contribution is 0.474. The van der Waals surface area contributed by atoms with Crippen molar-refractivity contribution in [3.63, 3.8) is 0 Å². The smallest absolute Gasteiger partial charge is 0.115 e. The molecule has 0 aliphatic rings. The Hall–Kier alpha value is -2.28. The maximum atomic E-state index is 9.93. The standard InChI is InChI=1S/C36H54O/c1-8-11-12-13-14-17-36(34(16-10-3)26-33-22-23-35(37)25-28(33)5)30(7)29(6)32-20-18-31(19-21-32)24-27(4)15-9-2/h18-23,25,27,30,37H,6,8-17,24,26H2,1-5,7H3/b36-34-. The minimum Gasteiger partial charge on any atom is -0.508 e. The second kappa shape index (κ2) is 16.5. The lowest BCUT2D eigenvalue weighted by Crippen LogP contribution is -2.09. The molecule has 0 saturated carbocycles. The second-order valence-electron chi connectivity index (χ2n) is 11.4. The molecule has 0 heterocycles. The van der Waals surface area contributed by atoms with Gasteiger partial charge >= 0.3 is 0 Å². The van der Waals surface area contributed by atoms with E-state index in [0.29, 0.717) is 11.7 Å². The van der Waals surface area contributed by atoms with Crippen molar-refractivity contribution in [3.8, 4) is 5.75 Å². The molecule has 0 bridgehead atoms. The summed E-state index contributed by atoms with van der Waals surface area (Å²) in [6.07, 6.45) is 14.6. The molecule has 0 fully saturated rings. The fraction of sp³-hybridized carbons (Fsp3) is 0.556. The van der Waals surface area contributed by atoms with Crippen LogP contribution in [0.3, 0.4) is 0 Å². The van der Waals surface area contributed by atoms with Gasteiger partial charge in [-0.05, 0) is 84.9 Å². The Morgan fingerprint density at radius 3 is 2.16 bits per heavy atom. The third-order valence-corrected chi connectivity index (χ3v) is 8.02. The fourth-order valence-electron chi connectivity index (χ4n) is 5.70. The Labute approximate surface area is 229 Å². The summed E-state index contributed by atoms with van der Waals surface area (Å²) >= 11 is 0. The average Bonchev–Trinajstić information content (AvgIpc) is 2.87. The van der Waals surface area contributed by atoms with Crippen LogP contribution in [0.4, 0.5) is 0 Å². The molecule has 0 saturated heterocycles. The third-order valence-electron chi connectivity index (χ3n) is 8.02. The summed E-state index contributed by atoms with van der Waals surface area (Å²) in [6, 6.07) is 15.1. The van der Waals surface area contributed by atoms with Gasteiger partial charge in [-0.2, -0.15) is 0 Å². The molecule has 0 amide bonds. The van der Waals surface area contributed by atoms with Crippen molar-refractivity contribution in [1.82, 2.24) is 0 Å². The normalized spacial score (nSPS) is 13.8. The van der Waals surface area contributed by atoms with Crippen LogP contribution in [0, 0.1) is 18.8 Å². The predicted molar refractivity (Wildman–Crippen MR) is 164 cm³/mol. The number of rotatable bonds is 17. The van der Waals surface area contributed by atoms with Crippen LogP contribution in [0.15, 0.2) is 60.2 Å². The molecule has 0 spiro atoms. The quantitative estimate of drug-likeness (QED) is 0.168. The maximum absolute atomic E-state index is 9.93. The molecule has 0 radical (unpaired) electrons. The number of hydrogen-bond donors (Lipinski definition) is 1. The first kappa shape index (κ1) is 30.9. The van der Waals surface area contributed by atoms with Crippen molar-refractivity contribution in [2.24, 2.45) is 11.8 Å². The SMILES string of the molecule is C=C(c1ccc(CC(C)CCC)cc1)C(C)/C(CCCCCCC)=C(/CCC)Cc1ccc(O)cc1C. The summed E-state index contributed by atoms with van der Waals surface area (Å²) in [6.45, 7) is 18.3. The number of aryl methyl sites for hydroxylation is 1. The first-order valence-electron chi connectivity index (χ1n) is 15.1. The van der Waals surface area contributed by atoms with Crippen LogP contribution in [0.1, 0.15) is 121 Å². The van der Waals surface area contributed by atoms with Crippen molar-refractivity contribution in [3.05, 3.63) is 82.4 Å². The maximum Gasteiger partial charge on any atom is 0.115 e. The van der Waals surface area contributed by atoms with Crippen LogP contribution < -0.4 is 0 Å². The fourth-order valence-corrected chi connectivity index (χ4v) is 5.70. The van der Waals surface area contributed by atoms with Gasteiger partial charge in [-0.25, -0.2) is 0 Å². The Bertz CT molecular complexity index is 978. The van der Waals surface area contributed by atoms with Gasteiger partial charge in [0.05, 0.1) is 0 Å². The minimum absolute atomic E-state index is 0.329. The van der Waals surface area contributed by atoms with Crippen LogP contribution in [0.5, 0.6) is 5.75 Å². The highest BCUT2D eigenvalue weighted by Crippen LogP contribution is 2.36. The van der Waals surface area contributed by atoms with Crippen LogP contribution >= 0.6 is 0 Å². The summed E-state index contributed by atoms with van der Waals surface area (Å²) < 4.78 is 0. The summed E-state index contributed by atoms with van der Waals surface area (Å²) in [7, 11) is 0. The molecule has 2 rings (SSSR count). The molecule has 204 valence electrons. The van der Waals surface area contributed by atoms with Crippen molar-refractivity contribution >= 4 is 5.57 Å². The van der Waals surface area contributed by atoms with E-state index in [1.54, 1.807) is 11.1 Å². The predicted octanol–water partition coefficient (Wildman–Crippen LogP) is 11.0.